The number of aromatic nitrogens is 1. The first-order valence-corrected chi connectivity index (χ1v) is 9.74. The number of nitrogens with one attached hydrogen (secondary N) is 2. The summed E-state index contributed by atoms with van der Waals surface area (Å²) in [5.74, 6) is 2.63. The smallest absolute Gasteiger partial charge is 0.216 e. The SMILES string of the molecule is CCNC(=NCc1ncc(C(C)(C)C)o1)NCCCCOc1ccc(F)cc1. The number of aliphatic imine (C=N–C) groups is 1. The quantitative estimate of drug-likeness (QED) is 0.384. The minimum atomic E-state index is -0.258. The summed E-state index contributed by atoms with van der Waals surface area (Å²) in [5.41, 5.74) is -0.0618. The topological polar surface area (TPSA) is 71.7 Å². The molecule has 6 nitrogen and oxygen atoms in total. The van der Waals surface area contributed by atoms with Crippen molar-refractivity contribution in [3.05, 3.63) is 47.9 Å². The first-order chi connectivity index (χ1) is 13.4. The van der Waals surface area contributed by atoms with Crippen LogP contribution in [0.25, 0.3) is 0 Å². The third kappa shape index (κ3) is 7.58. The second-order valence-corrected chi connectivity index (χ2v) is 7.50. The van der Waals surface area contributed by atoms with E-state index in [0.717, 1.165) is 37.7 Å². The number of benzene rings is 1. The Hall–Kier alpha value is -2.57. The van der Waals surface area contributed by atoms with Gasteiger partial charge in [-0.1, -0.05) is 20.8 Å². The molecule has 0 aliphatic rings. The van der Waals surface area contributed by atoms with E-state index in [1.165, 1.54) is 12.1 Å². The van der Waals surface area contributed by atoms with E-state index in [1.807, 2.05) is 6.92 Å². The molecule has 0 spiro atoms. The highest BCUT2D eigenvalue weighted by atomic mass is 19.1. The fraction of sp³-hybridized carbons (Fsp3) is 0.524. The largest absolute Gasteiger partial charge is 0.494 e. The number of oxazole rings is 1. The molecule has 1 heterocycles. The molecule has 154 valence electrons. The lowest BCUT2D eigenvalue weighted by Gasteiger charge is -2.13. The molecule has 0 radical (unpaired) electrons. The van der Waals surface area contributed by atoms with E-state index in [2.05, 4.69) is 41.4 Å². The summed E-state index contributed by atoms with van der Waals surface area (Å²) in [7, 11) is 0. The molecule has 0 saturated carbocycles. The summed E-state index contributed by atoms with van der Waals surface area (Å²) >= 11 is 0. The van der Waals surface area contributed by atoms with Crippen molar-refractivity contribution in [2.45, 2.75) is 52.5 Å². The molecule has 0 atom stereocenters. The van der Waals surface area contributed by atoms with Crippen molar-refractivity contribution < 1.29 is 13.5 Å². The zero-order chi connectivity index (χ0) is 20.4. The van der Waals surface area contributed by atoms with Crippen LogP contribution in [0.5, 0.6) is 5.75 Å². The van der Waals surface area contributed by atoms with E-state index in [-0.39, 0.29) is 11.2 Å². The minimum Gasteiger partial charge on any atom is -0.494 e. The van der Waals surface area contributed by atoms with Gasteiger partial charge in [0.2, 0.25) is 5.89 Å². The van der Waals surface area contributed by atoms with Crippen LogP contribution < -0.4 is 15.4 Å². The predicted molar refractivity (Wildman–Crippen MR) is 109 cm³/mol. The Morgan fingerprint density at radius 1 is 1.18 bits per heavy atom. The van der Waals surface area contributed by atoms with Gasteiger partial charge in [-0.05, 0) is 44.0 Å². The number of hydrogen-bond donors (Lipinski definition) is 2. The normalized spacial score (nSPS) is 12.1. The van der Waals surface area contributed by atoms with E-state index < -0.39 is 0 Å². The zero-order valence-corrected chi connectivity index (χ0v) is 17.2. The van der Waals surface area contributed by atoms with Gasteiger partial charge in [0, 0.05) is 18.5 Å². The molecule has 28 heavy (non-hydrogen) atoms. The van der Waals surface area contributed by atoms with E-state index in [9.17, 15) is 4.39 Å². The van der Waals surface area contributed by atoms with Crippen LogP contribution in [-0.2, 0) is 12.0 Å². The van der Waals surface area contributed by atoms with Gasteiger partial charge in [-0.3, -0.25) is 0 Å². The summed E-state index contributed by atoms with van der Waals surface area (Å²) in [6.07, 6.45) is 3.59. The van der Waals surface area contributed by atoms with Gasteiger partial charge in [0.25, 0.3) is 0 Å². The van der Waals surface area contributed by atoms with Crippen molar-refractivity contribution in [1.29, 1.82) is 0 Å². The highest BCUT2D eigenvalue weighted by Gasteiger charge is 2.18. The molecular formula is C21H31FN4O2. The van der Waals surface area contributed by atoms with E-state index in [0.29, 0.717) is 24.8 Å². The minimum absolute atomic E-state index is 0.0618. The van der Waals surface area contributed by atoms with Gasteiger partial charge in [0.1, 0.15) is 23.9 Å². The Balaban J connectivity index is 1.70. The van der Waals surface area contributed by atoms with Crippen LogP contribution in [0.1, 0.15) is 52.2 Å². The lowest BCUT2D eigenvalue weighted by molar-refractivity contribution is 0.306. The Morgan fingerprint density at radius 2 is 1.93 bits per heavy atom. The van der Waals surface area contributed by atoms with E-state index in [1.54, 1.807) is 18.3 Å². The Bertz CT molecular complexity index is 736. The molecule has 0 aliphatic heterocycles. The van der Waals surface area contributed by atoms with Gasteiger partial charge >= 0.3 is 0 Å². The van der Waals surface area contributed by atoms with Crippen LogP contribution in [0.4, 0.5) is 4.39 Å². The van der Waals surface area contributed by atoms with Crippen molar-refractivity contribution in [3.8, 4) is 5.75 Å². The number of guanidine groups is 1. The molecule has 1 aromatic heterocycles. The molecule has 2 N–H and O–H groups in total. The molecule has 1 aromatic carbocycles. The van der Waals surface area contributed by atoms with Crippen molar-refractivity contribution >= 4 is 5.96 Å². The van der Waals surface area contributed by atoms with Crippen molar-refractivity contribution in [1.82, 2.24) is 15.6 Å². The van der Waals surface area contributed by atoms with Crippen LogP contribution in [0.2, 0.25) is 0 Å². The predicted octanol–water partition coefficient (Wildman–Crippen LogP) is 4.03. The third-order valence-electron chi connectivity index (χ3n) is 3.96. The van der Waals surface area contributed by atoms with Crippen molar-refractivity contribution in [3.63, 3.8) is 0 Å². The summed E-state index contributed by atoms with van der Waals surface area (Å²) < 4.78 is 24.2. The number of hydrogen-bond acceptors (Lipinski definition) is 4. The Labute approximate surface area is 166 Å². The molecule has 0 unspecified atom stereocenters. The molecule has 0 aliphatic carbocycles. The van der Waals surface area contributed by atoms with Crippen molar-refractivity contribution in [2.75, 3.05) is 19.7 Å². The van der Waals surface area contributed by atoms with Crippen LogP contribution in [-0.4, -0.2) is 30.6 Å². The second kappa shape index (κ2) is 10.7. The van der Waals surface area contributed by atoms with Gasteiger partial charge in [0.15, 0.2) is 5.96 Å². The summed E-state index contributed by atoms with van der Waals surface area (Å²) in [5, 5.41) is 6.51. The van der Waals surface area contributed by atoms with Gasteiger partial charge < -0.3 is 19.8 Å². The molecule has 2 rings (SSSR count). The number of unbranched alkanes of at least 4 members (excludes halogenated alkanes) is 1. The monoisotopic (exact) mass is 390 g/mol. The van der Waals surface area contributed by atoms with Crippen LogP contribution in [0.15, 0.2) is 39.9 Å². The number of rotatable bonds is 9. The summed E-state index contributed by atoms with van der Waals surface area (Å²) in [4.78, 5) is 8.82. The first kappa shape index (κ1) is 21.7. The molecule has 7 heteroatoms. The van der Waals surface area contributed by atoms with E-state index >= 15 is 0 Å². The summed E-state index contributed by atoms with van der Waals surface area (Å²) in [6, 6.07) is 6.07. The van der Waals surface area contributed by atoms with Gasteiger partial charge in [-0.2, -0.15) is 0 Å². The lowest BCUT2D eigenvalue weighted by atomic mass is 9.94. The Kier molecular flexibility index (Phi) is 8.29. The molecule has 0 bridgehead atoms. The standard InChI is InChI=1S/C21H31FN4O2/c1-5-23-20(26-15-19-25-14-18(28-19)21(2,3)4)24-12-6-7-13-27-17-10-8-16(22)9-11-17/h8-11,14H,5-7,12-13,15H2,1-4H3,(H2,23,24,26). The first-order valence-electron chi connectivity index (χ1n) is 9.74. The van der Waals surface area contributed by atoms with Crippen LogP contribution in [0, 0.1) is 5.82 Å². The van der Waals surface area contributed by atoms with Crippen LogP contribution in [0.3, 0.4) is 0 Å². The zero-order valence-electron chi connectivity index (χ0n) is 17.2. The van der Waals surface area contributed by atoms with Gasteiger partial charge in [-0.15, -0.1) is 0 Å². The van der Waals surface area contributed by atoms with Gasteiger partial charge in [0.05, 0.1) is 12.8 Å². The fourth-order valence-electron chi connectivity index (χ4n) is 2.37. The number of ether oxygens (including phenoxy) is 1. The molecule has 0 amide bonds. The molecule has 2 aromatic rings. The number of halogens is 1. The highest BCUT2D eigenvalue weighted by molar-refractivity contribution is 5.79. The maximum atomic E-state index is 12.8. The van der Waals surface area contributed by atoms with Crippen LogP contribution >= 0.6 is 0 Å². The average Bonchev–Trinajstić information content (AvgIpc) is 3.13. The lowest BCUT2D eigenvalue weighted by Crippen LogP contribution is -2.37. The second-order valence-electron chi connectivity index (χ2n) is 7.50. The molecule has 0 fully saturated rings. The maximum Gasteiger partial charge on any atom is 0.216 e. The highest BCUT2D eigenvalue weighted by Crippen LogP contribution is 2.22. The Morgan fingerprint density at radius 3 is 2.57 bits per heavy atom. The fourth-order valence-corrected chi connectivity index (χ4v) is 2.37. The van der Waals surface area contributed by atoms with Gasteiger partial charge in [-0.25, -0.2) is 14.4 Å². The summed E-state index contributed by atoms with van der Waals surface area (Å²) in [6.45, 7) is 10.8. The third-order valence-corrected chi connectivity index (χ3v) is 3.96. The molecular weight excluding hydrogens is 359 g/mol. The maximum absolute atomic E-state index is 12.8. The average molecular weight is 391 g/mol. The van der Waals surface area contributed by atoms with Crippen molar-refractivity contribution in [2.24, 2.45) is 4.99 Å². The number of nitrogens with zero attached hydrogens (tertiary/aromatic N) is 2. The van der Waals surface area contributed by atoms with E-state index in [4.69, 9.17) is 9.15 Å². The molecule has 0 saturated heterocycles.